The summed E-state index contributed by atoms with van der Waals surface area (Å²) in [5, 5.41) is 3.27. The number of hydrogen-bond donors (Lipinski definition) is 1. The highest BCUT2D eigenvalue weighted by Gasteiger charge is 2.37. The normalized spacial score (nSPS) is 23.0. The minimum atomic E-state index is -4.40. The molecule has 2 heterocycles. The lowest BCUT2D eigenvalue weighted by atomic mass is 9.95. The van der Waals surface area contributed by atoms with Gasteiger partial charge >= 0.3 is 6.18 Å². The predicted molar refractivity (Wildman–Crippen MR) is 99.7 cm³/mol. The molecule has 2 aliphatic rings. The van der Waals surface area contributed by atoms with Gasteiger partial charge in [0.1, 0.15) is 6.54 Å². The van der Waals surface area contributed by atoms with E-state index in [0.29, 0.717) is 38.1 Å². The van der Waals surface area contributed by atoms with Gasteiger partial charge in [-0.3, -0.25) is 9.59 Å². The van der Waals surface area contributed by atoms with E-state index in [2.05, 4.69) is 5.32 Å². The van der Waals surface area contributed by atoms with Crippen molar-refractivity contribution in [3.05, 3.63) is 0 Å². The van der Waals surface area contributed by atoms with Gasteiger partial charge in [0.25, 0.3) is 0 Å². The number of piperidine rings is 1. The summed E-state index contributed by atoms with van der Waals surface area (Å²) < 4.78 is 38.2. The zero-order chi connectivity index (χ0) is 19.2. The van der Waals surface area contributed by atoms with Crippen molar-refractivity contribution in [3.8, 4) is 0 Å². The van der Waals surface area contributed by atoms with E-state index >= 15 is 0 Å². The number of carbonyl (C=O) groups excluding carboxylic acids is 2. The van der Waals surface area contributed by atoms with E-state index in [1.165, 1.54) is 0 Å². The van der Waals surface area contributed by atoms with Crippen LogP contribution < -0.4 is 5.32 Å². The van der Waals surface area contributed by atoms with Crippen LogP contribution in [-0.2, 0) is 9.59 Å². The lowest BCUT2D eigenvalue weighted by Gasteiger charge is -2.35. The molecule has 2 rings (SSSR count). The van der Waals surface area contributed by atoms with E-state index in [1.807, 2.05) is 0 Å². The van der Waals surface area contributed by atoms with E-state index in [0.717, 1.165) is 30.8 Å². The number of hydrogen-bond acceptors (Lipinski definition) is 3. The standard InChI is InChI=1S/C18H30F3N3O2.ClH/c1-2-9-24(13-18(19,20)21)17(26)15-4-3-10-23(12-15)16(25)6-5-14-7-8-22-11-14;/h14-15,22H,2-13H2,1H3;1H. The number of rotatable bonds is 7. The summed E-state index contributed by atoms with van der Waals surface area (Å²) in [4.78, 5) is 27.6. The Bertz CT molecular complexity index is 485. The third-order valence-electron chi connectivity index (χ3n) is 5.23. The van der Waals surface area contributed by atoms with Crippen molar-refractivity contribution < 1.29 is 22.8 Å². The number of nitrogens with zero attached hydrogens (tertiary/aromatic N) is 2. The quantitative estimate of drug-likeness (QED) is 0.698. The van der Waals surface area contributed by atoms with Crippen molar-refractivity contribution in [2.24, 2.45) is 11.8 Å². The van der Waals surface area contributed by atoms with Crippen LogP contribution in [0.3, 0.4) is 0 Å². The Balaban J connectivity index is 0.00000364. The Labute approximate surface area is 165 Å². The SMILES string of the molecule is CCCN(CC(F)(F)F)C(=O)C1CCCN(C(=O)CCC2CCNC2)C1.Cl. The Hall–Kier alpha value is -1.02. The summed E-state index contributed by atoms with van der Waals surface area (Å²) in [5.41, 5.74) is 0. The average Bonchev–Trinajstić information content (AvgIpc) is 3.11. The van der Waals surface area contributed by atoms with Gasteiger partial charge in [-0.25, -0.2) is 0 Å². The first-order valence-electron chi connectivity index (χ1n) is 9.64. The van der Waals surface area contributed by atoms with Gasteiger partial charge in [-0.05, 0) is 51.1 Å². The van der Waals surface area contributed by atoms with Crippen LogP contribution in [0.1, 0.15) is 45.4 Å². The highest BCUT2D eigenvalue weighted by atomic mass is 35.5. The zero-order valence-corrected chi connectivity index (χ0v) is 16.7. The summed E-state index contributed by atoms with van der Waals surface area (Å²) in [6, 6.07) is 0. The maximum atomic E-state index is 12.7. The van der Waals surface area contributed by atoms with Gasteiger partial charge in [-0.15, -0.1) is 12.4 Å². The molecule has 2 amide bonds. The predicted octanol–water partition coefficient (Wildman–Crippen LogP) is 2.84. The fourth-order valence-electron chi connectivity index (χ4n) is 3.86. The molecule has 2 saturated heterocycles. The molecule has 1 N–H and O–H groups in total. The van der Waals surface area contributed by atoms with Gasteiger partial charge in [0.05, 0.1) is 5.92 Å². The third-order valence-corrected chi connectivity index (χ3v) is 5.23. The molecule has 0 aromatic carbocycles. The Kier molecular flexibility index (Phi) is 9.87. The number of carbonyl (C=O) groups is 2. The first-order chi connectivity index (χ1) is 12.3. The number of nitrogens with one attached hydrogen (secondary N) is 1. The summed E-state index contributed by atoms with van der Waals surface area (Å²) in [5.74, 6) is -0.448. The van der Waals surface area contributed by atoms with E-state index in [-0.39, 0.29) is 31.4 Å². The van der Waals surface area contributed by atoms with Crippen LogP contribution in [0.5, 0.6) is 0 Å². The molecule has 2 aliphatic heterocycles. The molecule has 27 heavy (non-hydrogen) atoms. The molecular formula is C18H31ClF3N3O2. The number of alkyl halides is 3. The van der Waals surface area contributed by atoms with Crippen molar-refractivity contribution >= 4 is 24.2 Å². The molecule has 0 aromatic heterocycles. The smallest absolute Gasteiger partial charge is 0.342 e. The van der Waals surface area contributed by atoms with Crippen LogP contribution in [0, 0.1) is 11.8 Å². The number of likely N-dealkylation sites (tertiary alicyclic amines) is 1. The summed E-state index contributed by atoms with van der Waals surface area (Å²) in [6.45, 7) is 3.42. The van der Waals surface area contributed by atoms with Crippen molar-refractivity contribution in [1.29, 1.82) is 0 Å². The fraction of sp³-hybridized carbons (Fsp3) is 0.889. The van der Waals surface area contributed by atoms with Crippen molar-refractivity contribution in [1.82, 2.24) is 15.1 Å². The van der Waals surface area contributed by atoms with Crippen LogP contribution >= 0.6 is 12.4 Å². The molecule has 0 spiro atoms. The minimum absolute atomic E-state index is 0. The Morgan fingerprint density at radius 1 is 1.26 bits per heavy atom. The zero-order valence-electron chi connectivity index (χ0n) is 15.9. The summed E-state index contributed by atoms with van der Waals surface area (Å²) >= 11 is 0. The monoisotopic (exact) mass is 413 g/mol. The van der Waals surface area contributed by atoms with E-state index in [4.69, 9.17) is 0 Å². The van der Waals surface area contributed by atoms with Crippen LogP contribution in [0.2, 0.25) is 0 Å². The molecule has 2 fully saturated rings. The molecular weight excluding hydrogens is 383 g/mol. The topological polar surface area (TPSA) is 52.7 Å². The third kappa shape index (κ3) is 7.86. The molecule has 2 atom stereocenters. The van der Waals surface area contributed by atoms with E-state index in [9.17, 15) is 22.8 Å². The van der Waals surface area contributed by atoms with Crippen LogP contribution in [0.25, 0.3) is 0 Å². The van der Waals surface area contributed by atoms with Crippen LogP contribution in [-0.4, -0.2) is 67.1 Å². The maximum absolute atomic E-state index is 12.7. The highest BCUT2D eigenvalue weighted by molar-refractivity contribution is 5.85. The number of halogens is 4. The number of amides is 2. The summed E-state index contributed by atoms with van der Waals surface area (Å²) in [7, 11) is 0. The van der Waals surface area contributed by atoms with Gasteiger partial charge in [0.15, 0.2) is 0 Å². The van der Waals surface area contributed by atoms with Gasteiger partial charge in [-0.1, -0.05) is 6.92 Å². The molecule has 0 aromatic rings. The molecule has 2 unspecified atom stereocenters. The second-order valence-corrected chi connectivity index (χ2v) is 7.45. The van der Waals surface area contributed by atoms with Gasteiger partial charge < -0.3 is 15.1 Å². The highest BCUT2D eigenvalue weighted by Crippen LogP contribution is 2.24. The first kappa shape index (κ1) is 24.0. The van der Waals surface area contributed by atoms with E-state index in [1.54, 1.807) is 11.8 Å². The van der Waals surface area contributed by atoms with Gasteiger partial charge in [0, 0.05) is 26.1 Å². The van der Waals surface area contributed by atoms with Gasteiger partial charge in [-0.2, -0.15) is 13.2 Å². The molecule has 5 nitrogen and oxygen atoms in total. The molecule has 0 aliphatic carbocycles. The first-order valence-corrected chi connectivity index (χ1v) is 9.64. The second kappa shape index (κ2) is 11.1. The van der Waals surface area contributed by atoms with Gasteiger partial charge in [0.2, 0.25) is 11.8 Å². The lowest BCUT2D eigenvalue weighted by Crippen LogP contribution is -2.49. The molecule has 0 saturated carbocycles. The van der Waals surface area contributed by atoms with Crippen molar-refractivity contribution in [2.45, 2.75) is 51.6 Å². The molecule has 0 bridgehead atoms. The molecule has 158 valence electrons. The average molecular weight is 414 g/mol. The minimum Gasteiger partial charge on any atom is -0.342 e. The van der Waals surface area contributed by atoms with Crippen LogP contribution in [0.4, 0.5) is 13.2 Å². The Morgan fingerprint density at radius 2 is 2.00 bits per heavy atom. The molecule has 0 radical (unpaired) electrons. The lowest BCUT2D eigenvalue weighted by molar-refractivity contribution is -0.165. The summed E-state index contributed by atoms with van der Waals surface area (Å²) in [6.07, 6.45) is -0.341. The molecule has 9 heteroatoms. The largest absolute Gasteiger partial charge is 0.406 e. The second-order valence-electron chi connectivity index (χ2n) is 7.45. The van der Waals surface area contributed by atoms with Crippen LogP contribution in [0.15, 0.2) is 0 Å². The maximum Gasteiger partial charge on any atom is 0.406 e. The van der Waals surface area contributed by atoms with Crippen molar-refractivity contribution in [2.75, 3.05) is 39.3 Å². The Morgan fingerprint density at radius 3 is 2.59 bits per heavy atom. The van der Waals surface area contributed by atoms with Crippen molar-refractivity contribution in [3.63, 3.8) is 0 Å². The van der Waals surface area contributed by atoms with E-state index < -0.39 is 24.5 Å². The fourth-order valence-corrected chi connectivity index (χ4v) is 3.86.